The molecule has 40 heavy (non-hydrogen) atoms. The molecule has 0 unspecified atom stereocenters. The normalized spacial score (nSPS) is 10.2. The number of nitrogens with zero attached hydrogens (tertiary/aromatic N) is 8. The maximum Gasteiger partial charge on any atom is 1.00 e. The first-order chi connectivity index (χ1) is 18.8. The van der Waals surface area contributed by atoms with E-state index in [4.69, 9.17) is 53.5 Å². The van der Waals surface area contributed by atoms with E-state index in [1.54, 1.807) is 44.6 Å². The predicted molar refractivity (Wildman–Crippen MR) is 144 cm³/mol. The van der Waals surface area contributed by atoms with Crippen LogP contribution in [0.1, 0.15) is 24.6 Å². The standard InChI is InChI=1S/C12H9ClN4O2.C7H3Cl2N3.C5H7NO2.Na.H/c1-7-16-8(5-18-7)6-19-10-4-15-11-9(17-10)2-3-14-12(11)13;8-5-3-11-6-4(12-5)1-2-10-7(6)9;1-4-6-5(2-7)3-8-4;;/h2-5H,6H2,1H3;1-3H;3,7H,2H2,1H3;;/q;;;+1;-1. The number of pyridine rings is 2. The molecule has 0 aromatic carbocycles. The Morgan fingerprint density at radius 3 is 1.85 bits per heavy atom. The van der Waals surface area contributed by atoms with Crippen LogP contribution < -0.4 is 34.3 Å². The second-order valence-corrected chi connectivity index (χ2v) is 8.61. The monoisotopic (exact) mass is 612 g/mol. The molecule has 6 aromatic rings. The number of oxazole rings is 2. The fourth-order valence-electron chi connectivity index (χ4n) is 2.96. The molecule has 6 heterocycles. The van der Waals surface area contributed by atoms with Crippen molar-refractivity contribution in [1.82, 2.24) is 39.9 Å². The fourth-order valence-corrected chi connectivity index (χ4v) is 3.50. The van der Waals surface area contributed by atoms with Crippen molar-refractivity contribution in [2.24, 2.45) is 0 Å². The van der Waals surface area contributed by atoms with E-state index >= 15 is 0 Å². The van der Waals surface area contributed by atoms with Crippen molar-refractivity contribution in [2.45, 2.75) is 27.1 Å². The average molecular weight is 614 g/mol. The smallest absolute Gasteiger partial charge is 1.00 e. The topological polar surface area (TPSA) is 159 Å². The molecule has 6 rings (SSSR count). The molecule has 16 heteroatoms. The molecule has 0 fully saturated rings. The van der Waals surface area contributed by atoms with Crippen LogP contribution in [0.3, 0.4) is 0 Å². The third kappa shape index (κ3) is 8.77. The molecule has 12 nitrogen and oxygen atoms in total. The Labute approximate surface area is 265 Å². The first kappa shape index (κ1) is 31.6. The van der Waals surface area contributed by atoms with E-state index in [1.165, 1.54) is 18.7 Å². The number of fused-ring (bicyclic) bond motifs is 2. The zero-order valence-electron chi connectivity index (χ0n) is 22.4. The van der Waals surface area contributed by atoms with Crippen LogP contribution in [-0.4, -0.2) is 45.0 Å². The quantitative estimate of drug-likeness (QED) is 0.229. The van der Waals surface area contributed by atoms with Gasteiger partial charge in [0.05, 0.1) is 30.0 Å². The van der Waals surface area contributed by atoms with Crippen LogP contribution in [0.5, 0.6) is 5.88 Å². The van der Waals surface area contributed by atoms with Gasteiger partial charge in [0.15, 0.2) is 22.1 Å². The third-order valence-corrected chi connectivity index (χ3v) is 5.38. The first-order valence-electron chi connectivity index (χ1n) is 11.1. The summed E-state index contributed by atoms with van der Waals surface area (Å²) in [6.07, 6.45) is 9.07. The molecule has 0 saturated carbocycles. The Morgan fingerprint density at radius 1 is 0.775 bits per heavy atom. The summed E-state index contributed by atoms with van der Waals surface area (Å²) < 4.78 is 15.4. The SMILES string of the molecule is Cc1nc(CO)co1.Cc1nc(COc2cnc3c(Cl)nccc3n2)co1.Clc1cnc2c(Cl)nccc2n1.[H-].[Na+]. The van der Waals surface area contributed by atoms with Crippen LogP contribution in [0.15, 0.2) is 58.3 Å². The van der Waals surface area contributed by atoms with Gasteiger partial charge < -0.3 is 20.1 Å². The van der Waals surface area contributed by atoms with E-state index in [-0.39, 0.29) is 44.2 Å². The third-order valence-electron chi connectivity index (χ3n) is 4.64. The maximum atomic E-state index is 8.43. The van der Waals surface area contributed by atoms with Crippen LogP contribution in [-0.2, 0) is 13.2 Å². The van der Waals surface area contributed by atoms with Crippen LogP contribution in [0.2, 0.25) is 15.5 Å². The van der Waals surface area contributed by atoms with E-state index in [0.717, 1.165) is 0 Å². The van der Waals surface area contributed by atoms with Gasteiger partial charge in [-0.1, -0.05) is 34.8 Å². The molecule has 6 aromatic heterocycles. The second kappa shape index (κ2) is 15.1. The molecular weight excluding hydrogens is 594 g/mol. The average Bonchev–Trinajstić information content (AvgIpc) is 3.55. The molecule has 0 aliphatic rings. The van der Waals surface area contributed by atoms with Crippen molar-refractivity contribution in [3.05, 3.63) is 88.1 Å². The van der Waals surface area contributed by atoms with Gasteiger partial charge in [0, 0.05) is 26.2 Å². The van der Waals surface area contributed by atoms with Crippen LogP contribution in [0, 0.1) is 13.8 Å². The van der Waals surface area contributed by atoms with Crippen molar-refractivity contribution in [1.29, 1.82) is 0 Å². The minimum atomic E-state index is -0.0443. The number of aliphatic hydroxyl groups excluding tert-OH is 1. The Kier molecular flexibility index (Phi) is 11.9. The summed E-state index contributed by atoms with van der Waals surface area (Å²) in [5, 5.41) is 9.45. The van der Waals surface area contributed by atoms with Gasteiger partial charge >= 0.3 is 29.6 Å². The van der Waals surface area contributed by atoms with Gasteiger partial charge in [-0.25, -0.2) is 39.9 Å². The van der Waals surface area contributed by atoms with Crippen LogP contribution >= 0.6 is 34.8 Å². The summed E-state index contributed by atoms with van der Waals surface area (Å²) in [4.78, 5) is 32.2. The minimum absolute atomic E-state index is 0. The van der Waals surface area contributed by atoms with Gasteiger partial charge in [-0.3, -0.25) is 0 Å². The Hall–Kier alpha value is -2.97. The number of ether oxygens (including phenoxy) is 1. The Bertz CT molecular complexity index is 1710. The zero-order chi connectivity index (χ0) is 27.8. The summed E-state index contributed by atoms with van der Waals surface area (Å²) in [5.74, 6) is 1.59. The van der Waals surface area contributed by atoms with E-state index in [9.17, 15) is 0 Å². The molecule has 0 atom stereocenters. The van der Waals surface area contributed by atoms with Crippen molar-refractivity contribution < 1.29 is 49.7 Å². The van der Waals surface area contributed by atoms with Crippen molar-refractivity contribution in [3.8, 4) is 5.88 Å². The van der Waals surface area contributed by atoms with Crippen molar-refractivity contribution in [2.75, 3.05) is 0 Å². The van der Waals surface area contributed by atoms with Crippen molar-refractivity contribution in [3.63, 3.8) is 0 Å². The molecule has 0 radical (unpaired) electrons. The molecule has 0 spiro atoms. The molecule has 202 valence electrons. The molecule has 0 aliphatic heterocycles. The Morgan fingerprint density at radius 2 is 1.32 bits per heavy atom. The number of hydrogen-bond acceptors (Lipinski definition) is 12. The number of aryl methyl sites for hydroxylation is 2. The van der Waals surface area contributed by atoms with Crippen LogP contribution in [0.4, 0.5) is 0 Å². The molecule has 0 amide bonds. The van der Waals surface area contributed by atoms with Gasteiger partial charge in [0.25, 0.3) is 0 Å². The summed E-state index contributed by atoms with van der Waals surface area (Å²) >= 11 is 17.3. The largest absolute Gasteiger partial charge is 1.00 e. The number of aliphatic hydroxyl groups is 1. The summed E-state index contributed by atoms with van der Waals surface area (Å²) in [5.41, 5.74) is 3.70. The second-order valence-electron chi connectivity index (χ2n) is 7.50. The van der Waals surface area contributed by atoms with Crippen molar-refractivity contribution >= 4 is 56.9 Å². The van der Waals surface area contributed by atoms with Crippen LogP contribution in [0.25, 0.3) is 22.1 Å². The number of rotatable bonds is 4. The first-order valence-corrected chi connectivity index (χ1v) is 12.2. The molecule has 0 aliphatic carbocycles. The van der Waals surface area contributed by atoms with Gasteiger partial charge in [-0.2, -0.15) is 0 Å². The molecule has 0 saturated heterocycles. The fraction of sp³-hybridized carbons (Fsp3) is 0.167. The minimum Gasteiger partial charge on any atom is -1.00 e. The van der Waals surface area contributed by atoms with Gasteiger partial charge in [-0.15, -0.1) is 0 Å². The van der Waals surface area contributed by atoms with E-state index in [2.05, 4.69) is 39.9 Å². The number of hydrogen-bond donors (Lipinski definition) is 1. The number of aromatic nitrogens is 8. The Balaban J connectivity index is 0.000000230. The van der Waals surface area contributed by atoms with Gasteiger partial charge in [-0.05, 0) is 12.1 Å². The summed E-state index contributed by atoms with van der Waals surface area (Å²) in [6.45, 7) is 3.74. The summed E-state index contributed by atoms with van der Waals surface area (Å²) in [7, 11) is 0. The zero-order valence-corrected chi connectivity index (χ0v) is 25.7. The van der Waals surface area contributed by atoms with Gasteiger partial charge in [0.1, 0.15) is 46.7 Å². The molecule has 0 bridgehead atoms. The summed E-state index contributed by atoms with van der Waals surface area (Å²) in [6, 6.07) is 3.43. The van der Waals surface area contributed by atoms with E-state index in [1.807, 2.05) is 0 Å². The van der Waals surface area contributed by atoms with E-state index < -0.39 is 0 Å². The number of halogens is 3. The predicted octanol–water partition coefficient (Wildman–Crippen LogP) is 2.48. The molecular formula is C24H20Cl3N8NaO4. The van der Waals surface area contributed by atoms with Gasteiger partial charge in [0.2, 0.25) is 5.88 Å². The molecule has 1 N–H and O–H groups in total. The maximum absolute atomic E-state index is 8.43. The van der Waals surface area contributed by atoms with E-state index in [0.29, 0.717) is 66.6 Å².